The molecule has 0 saturated carbocycles. The van der Waals surface area contributed by atoms with Gasteiger partial charge < -0.3 is 10.2 Å². The van der Waals surface area contributed by atoms with Gasteiger partial charge in [0.1, 0.15) is 0 Å². The van der Waals surface area contributed by atoms with E-state index in [0.717, 1.165) is 44.0 Å². The van der Waals surface area contributed by atoms with Gasteiger partial charge in [0.15, 0.2) is 9.84 Å². The monoisotopic (exact) mass is 770 g/mol. The van der Waals surface area contributed by atoms with Gasteiger partial charge in [0.2, 0.25) is 0 Å². The first-order chi connectivity index (χ1) is 25.2. The zero-order valence-electron chi connectivity index (χ0n) is 29.9. The van der Waals surface area contributed by atoms with Gasteiger partial charge in [0.25, 0.3) is 15.9 Å². The lowest BCUT2D eigenvalue weighted by atomic mass is 9.99. The van der Waals surface area contributed by atoms with Gasteiger partial charge in [0, 0.05) is 60.2 Å². The molecule has 1 amide bonds. The number of hydrogen-bond donors (Lipinski definition) is 2. The Labute approximate surface area is 317 Å². The number of benzene rings is 5. The fourth-order valence-electron chi connectivity index (χ4n) is 6.57. The second-order valence-electron chi connectivity index (χ2n) is 14.0. The zero-order valence-corrected chi connectivity index (χ0v) is 32.3. The Balaban J connectivity index is 1.03. The highest BCUT2D eigenvalue weighted by Gasteiger charge is 2.29. The fraction of sp³-hybridized carbons (Fsp3) is 0.244. The summed E-state index contributed by atoms with van der Waals surface area (Å²) in [6.07, 6.45) is 0. The summed E-state index contributed by atoms with van der Waals surface area (Å²) >= 11 is 6.11. The van der Waals surface area contributed by atoms with E-state index < -0.39 is 31.3 Å². The lowest BCUT2D eigenvalue weighted by molar-refractivity contribution is 0.0981. The van der Waals surface area contributed by atoms with Gasteiger partial charge in [-0.25, -0.2) is 21.6 Å². The molecule has 0 unspecified atom stereocenters. The molecular weight excluding hydrogens is 728 g/mol. The Kier molecular flexibility index (Phi) is 11.3. The molecule has 1 saturated heterocycles. The Bertz CT molecular complexity index is 2290. The molecule has 1 heterocycles. The molecule has 9 nitrogen and oxygen atoms in total. The van der Waals surface area contributed by atoms with Crippen LogP contribution < -0.4 is 14.9 Å². The van der Waals surface area contributed by atoms with Crippen LogP contribution in [0.2, 0.25) is 5.02 Å². The summed E-state index contributed by atoms with van der Waals surface area (Å²) < 4.78 is 54.7. The maximum Gasteiger partial charge on any atom is 0.264 e. The lowest BCUT2D eigenvalue weighted by Gasteiger charge is -2.36. The van der Waals surface area contributed by atoms with Crippen molar-refractivity contribution >= 4 is 48.7 Å². The van der Waals surface area contributed by atoms with Crippen LogP contribution in [0.4, 0.5) is 11.4 Å². The molecule has 1 aliphatic rings. The predicted octanol–water partition coefficient (Wildman–Crippen LogP) is 7.42. The SMILES string of the molecule is Cc1cc(S(=O)(=O)NC(=O)c2ccc(N3CCN(Cc4ccccc4-c4ccc(Cl)cc4)CC3)cc2)ccc1NC(C)(C)CS(=O)(=O)c1ccccc1. The molecule has 0 atom stereocenters. The van der Waals surface area contributed by atoms with Gasteiger partial charge >= 0.3 is 0 Å². The molecule has 12 heteroatoms. The third-order valence-corrected chi connectivity index (χ3v) is 13.0. The van der Waals surface area contributed by atoms with Crippen molar-refractivity contribution in [3.05, 3.63) is 143 Å². The van der Waals surface area contributed by atoms with Crippen LogP contribution in [0.5, 0.6) is 0 Å². The number of anilines is 2. The largest absolute Gasteiger partial charge is 0.379 e. The van der Waals surface area contributed by atoms with E-state index in [-0.39, 0.29) is 21.1 Å². The summed E-state index contributed by atoms with van der Waals surface area (Å²) in [6, 6.07) is 36.0. The van der Waals surface area contributed by atoms with Crippen LogP contribution >= 0.6 is 11.6 Å². The number of nitrogens with zero attached hydrogens (tertiary/aromatic N) is 2. The first kappa shape index (κ1) is 38.1. The van der Waals surface area contributed by atoms with Crippen molar-refractivity contribution in [3.63, 3.8) is 0 Å². The van der Waals surface area contributed by atoms with Crippen LogP contribution in [0, 0.1) is 6.92 Å². The number of amides is 1. The third kappa shape index (κ3) is 9.47. The Hall–Kier alpha value is -4.68. The van der Waals surface area contributed by atoms with E-state index in [1.165, 1.54) is 23.3 Å². The molecule has 0 spiro atoms. The molecule has 53 heavy (non-hydrogen) atoms. The van der Waals surface area contributed by atoms with E-state index in [1.807, 2.05) is 36.4 Å². The average Bonchev–Trinajstić information content (AvgIpc) is 3.13. The second kappa shape index (κ2) is 15.7. The number of sulfonamides is 1. The number of rotatable bonds is 12. The minimum Gasteiger partial charge on any atom is -0.379 e. The van der Waals surface area contributed by atoms with Gasteiger partial charge in [-0.3, -0.25) is 9.69 Å². The molecule has 5 aromatic carbocycles. The molecule has 0 aliphatic carbocycles. The van der Waals surface area contributed by atoms with Crippen molar-refractivity contribution in [1.29, 1.82) is 0 Å². The van der Waals surface area contributed by atoms with Gasteiger partial charge in [0.05, 0.1) is 15.5 Å². The molecule has 0 radical (unpaired) electrons. The molecule has 276 valence electrons. The lowest BCUT2D eigenvalue weighted by Crippen LogP contribution is -2.46. The Morgan fingerprint density at radius 3 is 2.06 bits per heavy atom. The standard InChI is InChI=1S/C41H43ClN4O5S2/c1-30-27-37(21-22-39(30)43-41(2,3)29-52(48,49)36-10-5-4-6-11-36)53(50,51)44-40(47)32-15-19-35(20-16-32)46-25-23-45(24-26-46)28-33-9-7-8-12-38(33)31-13-17-34(42)18-14-31/h4-22,27,43H,23-26,28-29H2,1-3H3,(H,44,47). The van der Waals surface area contributed by atoms with Crippen LogP contribution in [0.3, 0.4) is 0 Å². The van der Waals surface area contributed by atoms with Gasteiger partial charge in [-0.15, -0.1) is 0 Å². The van der Waals surface area contributed by atoms with E-state index >= 15 is 0 Å². The number of halogens is 1. The molecule has 0 bridgehead atoms. The summed E-state index contributed by atoms with van der Waals surface area (Å²) in [6.45, 7) is 9.46. The third-order valence-electron chi connectivity index (χ3n) is 9.29. The molecule has 6 rings (SSSR count). The second-order valence-corrected chi connectivity index (χ2v) is 18.1. The number of carbonyl (C=O) groups is 1. The van der Waals surface area contributed by atoms with Crippen molar-refractivity contribution in [1.82, 2.24) is 9.62 Å². The average molecular weight is 771 g/mol. The minimum atomic E-state index is -4.19. The van der Waals surface area contributed by atoms with Crippen LogP contribution in [-0.2, 0) is 26.4 Å². The van der Waals surface area contributed by atoms with Gasteiger partial charge in [-0.1, -0.05) is 66.2 Å². The molecule has 0 aromatic heterocycles. The predicted molar refractivity (Wildman–Crippen MR) is 213 cm³/mol. The smallest absolute Gasteiger partial charge is 0.264 e. The van der Waals surface area contributed by atoms with Crippen LogP contribution in [0.1, 0.15) is 35.3 Å². The Morgan fingerprint density at radius 1 is 0.755 bits per heavy atom. The summed E-state index contributed by atoms with van der Waals surface area (Å²) in [5.74, 6) is -0.900. The molecule has 1 fully saturated rings. The number of aryl methyl sites for hydroxylation is 1. The number of nitrogens with one attached hydrogen (secondary N) is 2. The first-order valence-corrected chi connectivity index (χ1v) is 20.9. The van der Waals surface area contributed by atoms with E-state index in [1.54, 1.807) is 69.3 Å². The van der Waals surface area contributed by atoms with Gasteiger partial charge in [-0.2, -0.15) is 0 Å². The summed E-state index contributed by atoms with van der Waals surface area (Å²) in [5, 5.41) is 3.95. The van der Waals surface area contributed by atoms with E-state index in [4.69, 9.17) is 11.6 Å². The van der Waals surface area contributed by atoms with Crippen LogP contribution in [0.25, 0.3) is 11.1 Å². The summed E-state index contributed by atoms with van der Waals surface area (Å²) in [4.78, 5) is 17.9. The topological polar surface area (TPSA) is 116 Å². The normalized spacial score (nSPS) is 14.2. The first-order valence-electron chi connectivity index (χ1n) is 17.3. The number of sulfone groups is 1. The number of piperazine rings is 1. The van der Waals surface area contributed by atoms with Crippen molar-refractivity contribution in [2.24, 2.45) is 0 Å². The molecule has 1 aliphatic heterocycles. The van der Waals surface area contributed by atoms with Gasteiger partial charge in [-0.05, 0) is 110 Å². The van der Waals surface area contributed by atoms with E-state index in [9.17, 15) is 21.6 Å². The summed E-state index contributed by atoms with van der Waals surface area (Å²) in [7, 11) is -7.75. The van der Waals surface area contributed by atoms with Crippen molar-refractivity contribution in [2.75, 3.05) is 42.1 Å². The van der Waals surface area contributed by atoms with Crippen LogP contribution in [0.15, 0.2) is 131 Å². The molecular formula is C41H43ClN4O5S2. The number of hydrogen-bond acceptors (Lipinski definition) is 8. The van der Waals surface area contributed by atoms with Crippen molar-refractivity contribution in [2.45, 2.75) is 42.6 Å². The fourth-order valence-corrected chi connectivity index (χ4v) is 9.51. The maximum absolute atomic E-state index is 13.3. The Morgan fingerprint density at radius 2 is 1.40 bits per heavy atom. The number of carbonyl (C=O) groups excluding carboxylic acids is 1. The zero-order chi connectivity index (χ0) is 37.8. The maximum atomic E-state index is 13.3. The van der Waals surface area contributed by atoms with Crippen molar-refractivity contribution < 1.29 is 21.6 Å². The molecule has 5 aromatic rings. The minimum absolute atomic E-state index is 0.0751. The van der Waals surface area contributed by atoms with Crippen LogP contribution in [-0.4, -0.2) is 65.1 Å². The quantitative estimate of drug-likeness (QED) is 0.135. The van der Waals surface area contributed by atoms with Crippen molar-refractivity contribution in [3.8, 4) is 11.1 Å². The summed E-state index contributed by atoms with van der Waals surface area (Å²) in [5.41, 5.74) is 5.08. The van der Waals surface area contributed by atoms with E-state index in [0.29, 0.717) is 16.3 Å². The highest BCUT2D eigenvalue weighted by molar-refractivity contribution is 7.91. The highest BCUT2D eigenvalue weighted by atomic mass is 35.5. The molecule has 2 N–H and O–H groups in total. The highest BCUT2D eigenvalue weighted by Crippen LogP contribution is 2.28. The van der Waals surface area contributed by atoms with E-state index in [2.05, 4.69) is 44.1 Å².